The molecule has 1 atom stereocenters. The minimum atomic E-state index is 0.111. The van der Waals surface area contributed by atoms with Gasteiger partial charge in [0.2, 0.25) is 5.95 Å². The fraction of sp³-hybridized carbons (Fsp3) is 0.545. The normalized spacial score (nSPS) is 19.5. The Labute approximate surface area is 177 Å². The second-order valence-corrected chi connectivity index (χ2v) is 8.02. The van der Waals surface area contributed by atoms with Gasteiger partial charge >= 0.3 is 0 Å². The maximum absolute atomic E-state index is 11.2. The molecule has 2 aromatic rings. The molecule has 1 aromatic heterocycles. The van der Waals surface area contributed by atoms with E-state index in [-0.39, 0.29) is 6.79 Å². The first-order chi connectivity index (χ1) is 14.7. The van der Waals surface area contributed by atoms with E-state index in [0.29, 0.717) is 41.5 Å². The zero-order chi connectivity index (χ0) is 20.9. The van der Waals surface area contributed by atoms with Crippen LogP contribution in [0.2, 0.25) is 0 Å². The predicted molar refractivity (Wildman–Crippen MR) is 114 cm³/mol. The van der Waals surface area contributed by atoms with Crippen molar-refractivity contribution in [1.82, 2.24) is 20.1 Å². The van der Waals surface area contributed by atoms with Gasteiger partial charge in [0.25, 0.3) is 0 Å². The topological polar surface area (TPSA) is 89.5 Å². The summed E-state index contributed by atoms with van der Waals surface area (Å²) in [5, 5.41) is 12.4. The summed E-state index contributed by atoms with van der Waals surface area (Å²) in [6.07, 6.45) is 5.27. The zero-order valence-corrected chi connectivity index (χ0v) is 17.6. The van der Waals surface area contributed by atoms with Crippen molar-refractivity contribution in [1.29, 1.82) is 0 Å². The van der Waals surface area contributed by atoms with Gasteiger partial charge in [0.15, 0.2) is 6.79 Å². The van der Waals surface area contributed by atoms with Crippen molar-refractivity contribution in [2.24, 2.45) is 0 Å². The molecule has 1 aliphatic carbocycles. The number of nitrogens with zero attached hydrogens (tertiary/aromatic N) is 4. The summed E-state index contributed by atoms with van der Waals surface area (Å²) in [6, 6.07) is 5.66. The molecule has 0 amide bonds. The molecular formula is C22H29N5O3. The Bertz CT molecular complexity index is 887. The second kappa shape index (κ2) is 9.49. The first-order valence-electron chi connectivity index (χ1n) is 10.7. The number of anilines is 1. The maximum Gasteiger partial charge on any atom is 0.243 e. The number of hydrogen-bond donors (Lipinski definition) is 1. The highest BCUT2D eigenvalue weighted by Gasteiger charge is 2.31. The standard InChI is InChI=1S/C22H29N5O3/c1-3-29-14-30-19-11-15(13-28)6-9-18(19)21-20(16-7-8-16)24-22(26-25-21)23-17-5-4-10-27(2)12-17/h6,9,11,13,16-17H,3-5,7-8,10,12,14H2,1-2H3,(H,23,24,26)/t17-/m1/s1. The lowest BCUT2D eigenvalue weighted by atomic mass is 10.0. The summed E-state index contributed by atoms with van der Waals surface area (Å²) >= 11 is 0. The van der Waals surface area contributed by atoms with Gasteiger partial charge in [-0.1, -0.05) is 6.07 Å². The molecule has 2 aliphatic rings. The number of hydrogen-bond acceptors (Lipinski definition) is 8. The van der Waals surface area contributed by atoms with Crippen molar-refractivity contribution in [2.45, 2.75) is 44.6 Å². The van der Waals surface area contributed by atoms with Gasteiger partial charge in [-0.15, -0.1) is 10.2 Å². The number of benzene rings is 1. The van der Waals surface area contributed by atoms with Gasteiger partial charge in [0.05, 0.1) is 5.69 Å². The molecule has 160 valence electrons. The van der Waals surface area contributed by atoms with Gasteiger partial charge in [-0.2, -0.15) is 0 Å². The molecule has 0 bridgehead atoms. The molecule has 1 saturated carbocycles. The van der Waals surface area contributed by atoms with Gasteiger partial charge in [-0.25, -0.2) is 4.98 Å². The lowest BCUT2D eigenvalue weighted by Crippen LogP contribution is -2.40. The van der Waals surface area contributed by atoms with Crippen molar-refractivity contribution < 1.29 is 14.3 Å². The number of aldehydes is 1. The Balaban J connectivity index is 1.63. The fourth-order valence-corrected chi connectivity index (χ4v) is 3.81. The number of carbonyl (C=O) groups excluding carboxylic acids is 1. The minimum Gasteiger partial charge on any atom is -0.467 e. The lowest BCUT2D eigenvalue weighted by Gasteiger charge is -2.30. The number of ether oxygens (including phenoxy) is 2. The average molecular weight is 412 g/mol. The molecule has 1 saturated heterocycles. The van der Waals surface area contributed by atoms with Crippen LogP contribution in [0.1, 0.15) is 54.6 Å². The van der Waals surface area contributed by atoms with Crippen LogP contribution in [0.15, 0.2) is 18.2 Å². The van der Waals surface area contributed by atoms with Crippen molar-refractivity contribution in [3.05, 3.63) is 29.5 Å². The van der Waals surface area contributed by atoms with Crippen molar-refractivity contribution in [3.8, 4) is 17.0 Å². The molecule has 0 radical (unpaired) electrons. The first-order valence-corrected chi connectivity index (χ1v) is 10.7. The lowest BCUT2D eigenvalue weighted by molar-refractivity contribution is 0.0227. The number of nitrogens with one attached hydrogen (secondary N) is 1. The smallest absolute Gasteiger partial charge is 0.243 e. The molecule has 1 N–H and O–H groups in total. The van der Waals surface area contributed by atoms with E-state index in [2.05, 4.69) is 27.5 Å². The summed E-state index contributed by atoms with van der Waals surface area (Å²) in [5.74, 6) is 1.53. The zero-order valence-electron chi connectivity index (χ0n) is 17.6. The number of piperidine rings is 1. The molecule has 2 heterocycles. The van der Waals surface area contributed by atoms with E-state index in [1.54, 1.807) is 12.1 Å². The average Bonchev–Trinajstić information content (AvgIpc) is 3.59. The van der Waals surface area contributed by atoms with Gasteiger partial charge in [-0.3, -0.25) is 4.79 Å². The predicted octanol–water partition coefficient (Wildman–Crippen LogP) is 3.11. The minimum absolute atomic E-state index is 0.111. The highest BCUT2D eigenvalue weighted by atomic mass is 16.7. The first kappa shape index (κ1) is 20.7. The van der Waals surface area contributed by atoms with Crippen LogP contribution in [-0.2, 0) is 4.74 Å². The fourth-order valence-electron chi connectivity index (χ4n) is 3.81. The van der Waals surface area contributed by atoms with Crippen LogP contribution in [0.25, 0.3) is 11.3 Å². The van der Waals surface area contributed by atoms with Crippen LogP contribution in [0, 0.1) is 0 Å². The number of carbonyl (C=O) groups is 1. The second-order valence-electron chi connectivity index (χ2n) is 8.02. The van der Waals surface area contributed by atoms with E-state index in [9.17, 15) is 4.79 Å². The third-order valence-electron chi connectivity index (χ3n) is 5.53. The van der Waals surface area contributed by atoms with E-state index in [0.717, 1.165) is 49.9 Å². The SMILES string of the molecule is CCOCOc1cc(C=O)ccc1-c1nnc(N[C@@H]2CCCN(C)C2)nc1C1CC1. The van der Waals surface area contributed by atoms with Crippen LogP contribution in [0.4, 0.5) is 5.95 Å². The Morgan fingerprint density at radius 2 is 2.13 bits per heavy atom. The number of aromatic nitrogens is 3. The molecule has 30 heavy (non-hydrogen) atoms. The maximum atomic E-state index is 11.2. The summed E-state index contributed by atoms with van der Waals surface area (Å²) < 4.78 is 11.1. The van der Waals surface area contributed by atoms with E-state index < -0.39 is 0 Å². The molecule has 8 heteroatoms. The van der Waals surface area contributed by atoms with E-state index in [1.807, 2.05) is 13.0 Å². The van der Waals surface area contributed by atoms with E-state index >= 15 is 0 Å². The Morgan fingerprint density at radius 1 is 1.27 bits per heavy atom. The monoisotopic (exact) mass is 411 g/mol. The Hall–Kier alpha value is -2.58. The molecular weight excluding hydrogens is 382 g/mol. The molecule has 4 rings (SSSR count). The molecule has 1 aromatic carbocycles. The van der Waals surface area contributed by atoms with Crippen LogP contribution in [-0.4, -0.2) is 65.9 Å². The van der Waals surface area contributed by atoms with Gasteiger partial charge < -0.3 is 19.7 Å². The highest BCUT2D eigenvalue weighted by molar-refractivity contribution is 5.80. The van der Waals surface area contributed by atoms with Crippen molar-refractivity contribution >= 4 is 12.2 Å². The van der Waals surface area contributed by atoms with Crippen molar-refractivity contribution in [3.63, 3.8) is 0 Å². The third kappa shape index (κ3) is 4.94. The number of likely N-dealkylation sites (N-methyl/N-ethyl adjacent to an activating group) is 1. The van der Waals surface area contributed by atoms with Crippen LogP contribution < -0.4 is 10.1 Å². The van der Waals surface area contributed by atoms with Gasteiger partial charge in [0, 0.05) is 36.2 Å². The summed E-state index contributed by atoms with van der Waals surface area (Å²) in [4.78, 5) is 18.4. The quantitative estimate of drug-likeness (QED) is 0.382. The molecule has 1 aliphatic heterocycles. The van der Waals surface area contributed by atoms with Gasteiger partial charge in [0.1, 0.15) is 17.7 Å². The van der Waals surface area contributed by atoms with Crippen LogP contribution in [0.5, 0.6) is 5.75 Å². The summed E-state index contributed by atoms with van der Waals surface area (Å²) in [5.41, 5.74) is 2.98. The van der Waals surface area contributed by atoms with E-state index in [1.165, 1.54) is 6.42 Å². The number of rotatable bonds is 9. The summed E-state index contributed by atoms with van der Waals surface area (Å²) in [6.45, 7) is 4.67. The highest BCUT2D eigenvalue weighted by Crippen LogP contribution is 2.44. The Kier molecular flexibility index (Phi) is 6.54. The Morgan fingerprint density at radius 3 is 2.87 bits per heavy atom. The molecule has 0 spiro atoms. The van der Waals surface area contributed by atoms with Crippen LogP contribution >= 0.6 is 0 Å². The van der Waals surface area contributed by atoms with Crippen molar-refractivity contribution in [2.75, 3.05) is 38.9 Å². The molecule has 0 unspecified atom stereocenters. The third-order valence-corrected chi connectivity index (χ3v) is 5.53. The summed E-state index contributed by atoms with van der Waals surface area (Å²) in [7, 11) is 2.14. The van der Waals surface area contributed by atoms with Crippen LogP contribution in [0.3, 0.4) is 0 Å². The largest absolute Gasteiger partial charge is 0.467 e. The molecule has 2 fully saturated rings. The van der Waals surface area contributed by atoms with E-state index in [4.69, 9.17) is 14.5 Å². The van der Waals surface area contributed by atoms with Gasteiger partial charge in [-0.05, 0) is 58.3 Å². The number of likely N-dealkylation sites (tertiary alicyclic amines) is 1. The molecule has 8 nitrogen and oxygen atoms in total.